The maximum absolute atomic E-state index is 11.9. The summed E-state index contributed by atoms with van der Waals surface area (Å²) in [7, 11) is 0. The van der Waals surface area contributed by atoms with Crippen molar-refractivity contribution in [1.82, 2.24) is 0 Å². The molecule has 0 heterocycles. The first-order chi connectivity index (χ1) is 14.6. The quantitative estimate of drug-likeness (QED) is 0.196. The van der Waals surface area contributed by atoms with Gasteiger partial charge in [-0.15, -0.1) is 0 Å². The van der Waals surface area contributed by atoms with Gasteiger partial charge in [0.15, 0.2) is 6.10 Å². The molecule has 0 amide bonds. The molecule has 1 aliphatic carbocycles. The molecule has 170 valence electrons. The van der Waals surface area contributed by atoms with E-state index >= 15 is 0 Å². The summed E-state index contributed by atoms with van der Waals surface area (Å²) >= 11 is 0. The second-order valence-corrected chi connectivity index (χ2v) is 8.00. The molecule has 2 atom stereocenters. The standard InChI is InChI=1S/C26H42O4/c1-2-3-4-5-6-7-8-9-10-11-12-13-14-15-16-17-18-22-25(29)30-26-23(27)20-19-21-24(26)28/h6-7,9-10,12-13,15-16,23-24,26-28H,2-5,8,11,14,17-22H2,1H3/b7-6-,10-9-,13-12-,16-15-. The number of hydrogen-bond donors (Lipinski definition) is 2. The van der Waals surface area contributed by atoms with Crippen LogP contribution in [0.25, 0.3) is 0 Å². The van der Waals surface area contributed by atoms with E-state index in [1.165, 1.54) is 25.7 Å². The Labute approximate surface area is 183 Å². The van der Waals surface area contributed by atoms with E-state index in [4.69, 9.17) is 4.74 Å². The van der Waals surface area contributed by atoms with Crippen LogP contribution in [0.15, 0.2) is 48.6 Å². The number of allylic oxidation sites excluding steroid dienone is 8. The Morgan fingerprint density at radius 3 is 1.83 bits per heavy atom. The monoisotopic (exact) mass is 418 g/mol. The Bertz CT molecular complexity index is 537. The molecule has 2 N–H and O–H groups in total. The number of carbonyl (C=O) groups is 1. The maximum Gasteiger partial charge on any atom is 0.306 e. The van der Waals surface area contributed by atoms with Crippen LogP contribution in [0.1, 0.15) is 90.4 Å². The molecule has 0 aliphatic heterocycles. The Hall–Kier alpha value is -1.65. The van der Waals surface area contributed by atoms with Gasteiger partial charge in [-0.25, -0.2) is 0 Å². The summed E-state index contributed by atoms with van der Waals surface area (Å²) < 4.78 is 5.26. The van der Waals surface area contributed by atoms with Crippen molar-refractivity contribution in [3.05, 3.63) is 48.6 Å². The predicted octanol–water partition coefficient (Wildman–Crippen LogP) is 5.95. The number of unbranched alkanes of at least 4 members (excludes halogenated alkanes) is 4. The first-order valence-corrected chi connectivity index (χ1v) is 11.8. The van der Waals surface area contributed by atoms with E-state index in [2.05, 4.69) is 55.5 Å². The van der Waals surface area contributed by atoms with Crippen molar-refractivity contribution < 1.29 is 19.7 Å². The minimum Gasteiger partial charge on any atom is -0.457 e. The molecule has 1 saturated carbocycles. The summed E-state index contributed by atoms with van der Waals surface area (Å²) in [6.45, 7) is 2.23. The van der Waals surface area contributed by atoms with Gasteiger partial charge in [0.2, 0.25) is 0 Å². The van der Waals surface area contributed by atoms with Crippen LogP contribution in [-0.2, 0) is 9.53 Å². The van der Waals surface area contributed by atoms with Crippen LogP contribution >= 0.6 is 0 Å². The van der Waals surface area contributed by atoms with E-state index < -0.39 is 18.3 Å². The summed E-state index contributed by atoms with van der Waals surface area (Å²) in [4.78, 5) is 11.9. The zero-order valence-electron chi connectivity index (χ0n) is 18.8. The van der Waals surface area contributed by atoms with Crippen molar-refractivity contribution in [3.63, 3.8) is 0 Å². The molecule has 1 rings (SSSR count). The van der Waals surface area contributed by atoms with Crippen LogP contribution in [0.4, 0.5) is 0 Å². The number of carbonyl (C=O) groups excluding carboxylic acids is 1. The minimum atomic E-state index is -0.761. The van der Waals surface area contributed by atoms with Crippen LogP contribution < -0.4 is 0 Å². The summed E-state index contributed by atoms with van der Waals surface area (Å²) in [5.41, 5.74) is 0. The molecule has 0 aromatic rings. The van der Waals surface area contributed by atoms with Crippen molar-refractivity contribution in [2.24, 2.45) is 0 Å². The lowest BCUT2D eigenvalue weighted by atomic mass is 9.92. The Balaban J connectivity index is 1.99. The highest BCUT2D eigenvalue weighted by Gasteiger charge is 2.33. The third-order valence-electron chi connectivity index (χ3n) is 5.23. The zero-order valence-corrected chi connectivity index (χ0v) is 18.8. The van der Waals surface area contributed by atoms with Gasteiger partial charge in [-0.2, -0.15) is 0 Å². The zero-order chi connectivity index (χ0) is 21.9. The lowest BCUT2D eigenvalue weighted by Gasteiger charge is -2.31. The highest BCUT2D eigenvalue weighted by Crippen LogP contribution is 2.22. The molecule has 0 radical (unpaired) electrons. The van der Waals surface area contributed by atoms with Gasteiger partial charge >= 0.3 is 5.97 Å². The van der Waals surface area contributed by atoms with Gasteiger partial charge in [-0.1, -0.05) is 68.4 Å². The average Bonchev–Trinajstić information content (AvgIpc) is 2.73. The third kappa shape index (κ3) is 13.6. The van der Waals surface area contributed by atoms with Crippen LogP contribution in [-0.4, -0.2) is 34.5 Å². The highest BCUT2D eigenvalue weighted by atomic mass is 16.6. The van der Waals surface area contributed by atoms with Gasteiger partial charge in [0, 0.05) is 6.42 Å². The Morgan fingerprint density at radius 1 is 0.800 bits per heavy atom. The van der Waals surface area contributed by atoms with E-state index in [0.717, 1.165) is 32.1 Å². The highest BCUT2D eigenvalue weighted by molar-refractivity contribution is 5.69. The van der Waals surface area contributed by atoms with Crippen LogP contribution in [0.5, 0.6) is 0 Å². The average molecular weight is 419 g/mol. The number of esters is 1. The van der Waals surface area contributed by atoms with Crippen LogP contribution in [0.2, 0.25) is 0 Å². The molecule has 1 aliphatic rings. The van der Waals surface area contributed by atoms with Crippen molar-refractivity contribution in [3.8, 4) is 0 Å². The molecular formula is C26H42O4. The number of hydrogen-bond acceptors (Lipinski definition) is 4. The van der Waals surface area contributed by atoms with Gasteiger partial charge in [0.25, 0.3) is 0 Å². The van der Waals surface area contributed by atoms with Crippen LogP contribution in [0.3, 0.4) is 0 Å². The summed E-state index contributed by atoms with van der Waals surface area (Å²) in [6, 6.07) is 0. The van der Waals surface area contributed by atoms with E-state index in [1.807, 2.05) is 0 Å². The fraction of sp³-hybridized carbons (Fsp3) is 0.654. The molecular weight excluding hydrogens is 376 g/mol. The summed E-state index contributed by atoms with van der Waals surface area (Å²) in [5.74, 6) is -0.337. The fourth-order valence-corrected chi connectivity index (χ4v) is 3.41. The first-order valence-electron chi connectivity index (χ1n) is 11.8. The van der Waals surface area contributed by atoms with E-state index in [9.17, 15) is 15.0 Å². The Kier molecular flexibility index (Phi) is 16.0. The normalized spacial score (nSPS) is 22.7. The first kappa shape index (κ1) is 26.4. The molecule has 1 fully saturated rings. The van der Waals surface area contributed by atoms with E-state index in [1.54, 1.807) is 0 Å². The lowest BCUT2D eigenvalue weighted by Crippen LogP contribution is -2.44. The molecule has 0 aromatic carbocycles. The lowest BCUT2D eigenvalue weighted by molar-refractivity contribution is -0.169. The molecule has 2 unspecified atom stereocenters. The second-order valence-electron chi connectivity index (χ2n) is 8.00. The van der Waals surface area contributed by atoms with Gasteiger partial charge in [0.05, 0.1) is 12.2 Å². The number of aliphatic hydroxyl groups excluding tert-OH is 2. The fourth-order valence-electron chi connectivity index (χ4n) is 3.41. The van der Waals surface area contributed by atoms with Gasteiger partial charge in [-0.3, -0.25) is 4.79 Å². The molecule has 0 spiro atoms. The molecule has 30 heavy (non-hydrogen) atoms. The number of aliphatic hydroxyl groups is 2. The topological polar surface area (TPSA) is 66.8 Å². The van der Waals surface area contributed by atoms with Crippen molar-refractivity contribution in [2.75, 3.05) is 0 Å². The second kappa shape index (κ2) is 18.1. The molecule has 0 bridgehead atoms. The molecule has 0 saturated heterocycles. The Morgan fingerprint density at radius 2 is 1.30 bits per heavy atom. The largest absolute Gasteiger partial charge is 0.457 e. The smallest absolute Gasteiger partial charge is 0.306 e. The SMILES string of the molecule is CCCCC/C=C\C/C=C\C/C=C\C/C=C\CCCC(=O)OC1C(O)CCCC1O. The van der Waals surface area contributed by atoms with E-state index in [-0.39, 0.29) is 5.97 Å². The third-order valence-corrected chi connectivity index (χ3v) is 5.23. The number of ether oxygens (including phenoxy) is 1. The molecule has 4 heteroatoms. The van der Waals surface area contributed by atoms with Gasteiger partial charge < -0.3 is 14.9 Å². The minimum absolute atomic E-state index is 0.313. The maximum atomic E-state index is 11.9. The van der Waals surface area contributed by atoms with Crippen molar-refractivity contribution >= 4 is 5.97 Å². The molecule has 4 nitrogen and oxygen atoms in total. The number of rotatable bonds is 15. The predicted molar refractivity (Wildman–Crippen MR) is 124 cm³/mol. The van der Waals surface area contributed by atoms with Crippen molar-refractivity contribution in [2.45, 2.75) is 109 Å². The van der Waals surface area contributed by atoms with Gasteiger partial charge in [-0.05, 0) is 64.2 Å². The van der Waals surface area contributed by atoms with Crippen LogP contribution in [0, 0.1) is 0 Å². The van der Waals surface area contributed by atoms with Gasteiger partial charge in [0.1, 0.15) is 0 Å². The van der Waals surface area contributed by atoms with Crippen molar-refractivity contribution in [1.29, 1.82) is 0 Å². The van der Waals surface area contributed by atoms with E-state index in [0.29, 0.717) is 25.7 Å². The molecule has 0 aromatic heterocycles. The summed E-state index contributed by atoms with van der Waals surface area (Å²) in [6.07, 6.45) is 26.9. The summed E-state index contributed by atoms with van der Waals surface area (Å²) in [5, 5.41) is 19.7.